The van der Waals surface area contributed by atoms with Gasteiger partial charge in [0.2, 0.25) is 10.0 Å². The Bertz CT molecular complexity index is 848. The van der Waals surface area contributed by atoms with Gasteiger partial charge in [-0.05, 0) is 36.2 Å². The summed E-state index contributed by atoms with van der Waals surface area (Å²) in [5.74, 6) is -0.133. The van der Waals surface area contributed by atoms with E-state index in [4.69, 9.17) is 0 Å². The highest BCUT2D eigenvalue weighted by molar-refractivity contribution is 7.89. The van der Waals surface area contributed by atoms with Crippen LogP contribution in [0.1, 0.15) is 35.4 Å². The summed E-state index contributed by atoms with van der Waals surface area (Å²) < 4.78 is 27.3. The number of benzene rings is 2. The van der Waals surface area contributed by atoms with Crippen molar-refractivity contribution in [3.63, 3.8) is 0 Å². The van der Waals surface area contributed by atoms with E-state index in [1.807, 2.05) is 6.92 Å². The topological polar surface area (TPSA) is 87.3 Å². The molecule has 0 unspecified atom stereocenters. The van der Waals surface area contributed by atoms with Crippen molar-refractivity contribution in [3.05, 3.63) is 59.7 Å². The fraction of sp³-hybridized carbons (Fsp3) is 0.235. The third-order valence-electron chi connectivity index (χ3n) is 3.79. The first-order chi connectivity index (χ1) is 11.5. The molecule has 0 saturated carbocycles. The van der Waals surface area contributed by atoms with Crippen LogP contribution in [0.25, 0.3) is 0 Å². The fourth-order valence-electron chi connectivity index (χ4n) is 2.54. The molecule has 3 rings (SSSR count). The highest BCUT2D eigenvalue weighted by Gasteiger charge is 2.29. The van der Waals surface area contributed by atoms with Gasteiger partial charge in [0.15, 0.2) is 0 Å². The summed E-state index contributed by atoms with van der Waals surface area (Å²) in [6.07, 6.45) is 0.300. The van der Waals surface area contributed by atoms with E-state index < -0.39 is 16.2 Å². The lowest BCUT2D eigenvalue weighted by molar-refractivity contribution is 0.0953. The number of nitrogens with one attached hydrogen (secondary N) is 3. The maximum Gasteiger partial charge on any atom is 0.251 e. The van der Waals surface area contributed by atoms with Crippen molar-refractivity contribution in [2.75, 3.05) is 11.9 Å². The monoisotopic (exact) mass is 345 g/mol. The molecule has 7 heteroatoms. The zero-order chi connectivity index (χ0) is 17.2. The van der Waals surface area contributed by atoms with Gasteiger partial charge in [-0.1, -0.05) is 31.2 Å². The normalized spacial score (nSPS) is 18.3. The summed E-state index contributed by atoms with van der Waals surface area (Å²) in [6, 6.07) is 13.6. The fourth-order valence-corrected chi connectivity index (χ4v) is 3.85. The second-order valence-corrected chi connectivity index (χ2v) is 7.26. The maximum atomic E-state index is 12.3. The summed E-state index contributed by atoms with van der Waals surface area (Å²) in [4.78, 5) is 12.2. The molecule has 3 N–H and O–H groups in total. The SMILES string of the molecule is CCCNC(=O)c1ccc([C@H]2Nc3ccccc3S(=O)(=O)N2)cc1. The van der Waals surface area contributed by atoms with Crippen molar-refractivity contribution in [2.24, 2.45) is 0 Å². The molecule has 0 saturated heterocycles. The van der Waals surface area contributed by atoms with E-state index >= 15 is 0 Å². The Kier molecular flexibility index (Phi) is 4.55. The molecule has 0 aliphatic carbocycles. The number of fused-ring (bicyclic) bond motifs is 1. The van der Waals surface area contributed by atoms with Crippen LogP contribution in [-0.2, 0) is 10.0 Å². The van der Waals surface area contributed by atoms with E-state index in [1.54, 1.807) is 48.5 Å². The van der Waals surface area contributed by atoms with Crippen LogP contribution in [0.3, 0.4) is 0 Å². The van der Waals surface area contributed by atoms with Crippen LogP contribution >= 0.6 is 0 Å². The molecule has 1 aliphatic heterocycles. The average Bonchev–Trinajstić information content (AvgIpc) is 2.59. The van der Waals surface area contributed by atoms with Crippen LogP contribution in [0, 0.1) is 0 Å². The predicted octanol–water partition coefficient (Wildman–Crippen LogP) is 2.23. The molecule has 24 heavy (non-hydrogen) atoms. The molecular formula is C17H19N3O3S. The largest absolute Gasteiger partial charge is 0.364 e. The van der Waals surface area contributed by atoms with Gasteiger partial charge in [-0.2, -0.15) is 4.72 Å². The van der Waals surface area contributed by atoms with Gasteiger partial charge in [0.25, 0.3) is 5.91 Å². The van der Waals surface area contributed by atoms with E-state index in [1.165, 1.54) is 0 Å². The summed E-state index contributed by atoms with van der Waals surface area (Å²) in [5.41, 5.74) is 1.84. The highest BCUT2D eigenvalue weighted by Crippen LogP contribution is 2.30. The molecule has 1 heterocycles. The van der Waals surface area contributed by atoms with E-state index in [0.717, 1.165) is 12.0 Å². The van der Waals surface area contributed by atoms with Gasteiger partial charge in [-0.15, -0.1) is 0 Å². The molecule has 1 atom stereocenters. The molecule has 2 aromatic rings. The van der Waals surface area contributed by atoms with Crippen LogP contribution in [-0.4, -0.2) is 20.9 Å². The summed E-state index contributed by atoms with van der Waals surface area (Å²) in [5, 5.41) is 5.97. The number of anilines is 1. The van der Waals surface area contributed by atoms with Gasteiger partial charge in [-0.25, -0.2) is 8.42 Å². The van der Waals surface area contributed by atoms with Crippen molar-refractivity contribution in [1.82, 2.24) is 10.0 Å². The molecular weight excluding hydrogens is 326 g/mol. The van der Waals surface area contributed by atoms with Crippen LogP contribution in [0.2, 0.25) is 0 Å². The Labute approximate surface area is 141 Å². The quantitative estimate of drug-likeness (QED) is 0.793. The lowest BCUT2D eigenvalue weighted by atomic mass is 10.1. The lowest BCUT2D eigenvalue weighted by Crippen LogP contribution is -2.38. The maximum absolute atomic E-state index is 12.3. The van der Waals surface area contributed by atoms with E-state index in [9.17, 15) is 13.2 Å². The summed E-state index contributed by atoms with van der Waals surface area (Å²) >= 11 is 0. The summed E-state index contributed by atoms with van der Waals surface area (Å²) in [6.45, 7) is 2.61. The van der Waals surface area contributed by atoms with Crippen molar-refractivity contribution in [2.45, 2.75) is 24.4 Å². The first-order valence-corrected chi connectivity index (χ1v) is 9.25. The van der Waals surface area contributed by atoms with Gasteiger partial charge in [0.1, 0.15) is 11.1 Å². The predicted molar refractivity (Wildman–Crippen MR) is 92.2 cm³/mol. The van der Waals surface area contributed by atoms with Crippen molar-refractivity contribution >= 4 is 21.6 Å². The standard InChI is InChI=1S/C17H19N3O3S/c1-2-11-18-17(21)13-9-7-12(8-10-13)16-19-14-5-3-4-6-15(14)24(22,23)20-16/h3-10,16,19-20H,2,11H2,1H3,(H,18,21)/t16-/m0/s1. The molecule has 0 spiro atoms. The number of para-hydroxylation sites is 1. The molecule has 0 aromatic heterocycles. The number of carbonyl (C=O) groups is 1. The van der Waals surface area contributed by atoms with Gasteiger partial charge >= 0.3 is 0 Å². The van der Waals surface area contributed by atoms with Crippen LogP contribution in [0.5, 0.6) is 0 Å². The van der Waals surface area contributed by atoms with E-state index in [2.05, 4.69) is 15.4 Å². The number of hydrogen-bond acceptors (Lipinski definition) is 4. The average molecular weight is 345 g/mol. The molecule has 0 bridgehead atoms. The molecule has 1 amide bonds. The van der Waals surface area contributed by atoms with Crippen molar-refractivity contribution < 1.29 is 13.2 Å². The number of sulfonamides is 1. The Morgan fingerprint density at radius 2 is 1.83 bits per heavy atom. The molecule has 0 radical (unpaired) electrons. The highest BCUT2D eigenvalue weighted by atomic mass is 32.2. The zero-order valence-corrected chi connectivity index (χ0v) is 14.1. The summed E-state index contributed by atoms with van der Waals surface area (Å²) in [7, 11) is -3.57. The number of rotatable bonds is 4. The van der Waals surface area contributed by atoms with Gasteiger partial charge in [0.05, 0.1) is 5.69 Å². The molecule has 2 aromatic carbocycles. The van der Waals surface area contributed by atoms with Crippen LogP contribution in [0.15, 0.2) is 53.4 Å². The number of hydrogen-bond donors (Lipinski definition) is 3. The first-order valence-electron chi connectivity index (χ1n) is 7.77. The Morgan fingerprint density at radius 3 is 2.54 bits per heavy atom. The zero-order valence-electron chi connectivity index (χ0n) is 13.2. The third-order valence-corrected chi connectivity index (χ3v) is 5.27. The minimum absolute atomic E-state index is 0.133. The number of carbonyl (C=O) groups excluding carboxylic acids is 1. The van der Waals surface area contributed by atoms with Crippen LogP contribution in [0.4, 0.5) is 5.69 Å². The third kappa shape index (κ3) is 3.27. The van der Waals surface area contributed by atoms with E-state index in [0.29, 0.717) is 17.8 Å². The second kappa shape index (κ2) is 6.62. The second-order valence-electron chi connectivity index (χ2n) is 5.57. The Morgan fingerprint density at radius 1 is 1.12 bits per heavy atom. The van der Waals surface area contributed by atoms with Crippen molar-refractivity contribution in [3.8, 4) is 0 Å². The van der Waals surface area contributed by atoms with Gasteiger partial charge in [-0.3, -0.25) is 4.79 Å². The van der Waals surface area contributed by atoms with Crippen LogP contribution < -0.4 is 15.4 Å². The Balaban J connectivity index is 1.82. The first kappa shape index (κ1) is 16.5. The number of amides is 1. The minimum Gasteiger partial charge on any atom is -0.364 e. The lowest BCUT2D eigenvalue weighted by Gasteiger charge is -2.28. The van der Waals surface area contributed by atoms with Crippen molar-refractivity contribution in [1.29, 1.82) is 0 Å². The smallest absolute Gasteiger partial charge is 0.251 e. The van der Waals surface area contributed by atoms with Gasteiger partial charge < -0.3 is 10.6 Å². The molecule has 126 valence electrons. The Hall–Kier alpha value is -2.38. The molecule has 1 aliphatic rings. The minimum atomic E-state index is -3.57. The van der Waals surface area contributed by atoms with Gasteiger partial charge in [0, 0.05) is 12.1 Å². The van der Waals surface area contributed by atoms with E-state index in [-0.39, 0.29) is 10.8 Å². The molecule has 0 fully saturated rings. The molecule has 6 nitrogen and oxygen atoms in total.